The first-order valence-corrected chi connectivity index (χ1v) is 6.87. The summed E-state index contributed by atoms with van der Waals surface area (Å²) in [5.41, 5.74) is 5.78. The van der Waals surface area contributed by atoms with Crippen LogP contribution in [0.2, 0.25) is 0 Å². The average molecular weight is 333 g/mol. The van der Waals surface area contributed by atoms with Crippen molar-refractivity contribution in [2.24, 2.45) is 0 Å². The van der Waals surface area contributed by atoms with Crippen molar-refractivity contribution in [2.45, 2.75) is 19.3 Å². The first kappa shape index (κ1) is 15.9. The van der Waals surface area contributed by atoms with Gasteiger partial charge in [0.05, 0.1) is 11.3 Å². The van der Waals surface area contributed by atoms with Crippen LogP contribution >= 0.6 is 15.9 Å². The molecule has 0 fully saturated rings. The van der Waals surface area contributed by atoms with Crippen LogP contribution < -0.4 is 5.73 Å². The van der Waals surface area contributed by atoms with Crippen LogP contribution in [-0.4, -0.2) is 36.1 Å². The van der Waals surface area contributed by atoms with E-state index in [1.807, 2.05) is 0 Å². The number of unbranched alkanes of at least 4 members (excludes halogenated alkanes) is 2. The van der Waals surface area contributed by atoms with Gasteiger partial charge in [-0.15, -0.1) is 0 Å². The summed E-state index contributed by atoms with van der Waals surface area (Å²) in [4.78, 5) is 13.7. The lowest BCUT2D eigenvalue weighted by Gasteiger charge is -2.18. The number of hydrogen-bond donors (Lipinski definition) is 2. The molecule has 0 aromatic heterocycles. The summed E-state index contributed by atoms with van der Waals surface area (Å²) in [6, 6.07) is 2.54. The Hall–Kier alpha value is -1.14. The molecular weight excluding hydrogens is 315 g/mol. The third kappa shape index (κ3) is 4.47. The minimum atomic E-state index is -0.547. The van der Waals surface area contributed by atoms with Gasteiger partial charge < -0.3 is 15.7 Å². The summed E-state index contributed by atoms with van der Waals surface area (Å²) < 4.78 is 13.6. The maximum atomic E-state index is 13.2. The second-order valence-electron chi connectivity index (χ2n) is 4.36. The number of nitrogen functional groups attached to an aromatic ring is 1. The maximum absolute atomic E-state index is 13.2. The number of carbonyl (C=O) groups excluding carboxylic acids is 1. The van der Waals surface area contributed by atoms with E-state index < -0.39 is 5.82 Å². The van der Waals surface area contributed by atoms with Crippen molar-refractivity contribution in [1.29, 1.82) is 0 Å². The quantitative estimate of drug-likeness (QED) is 0.621. The van der Waals surface area contributed by atoms with Crippen molar-refractivity contribution in [3.63, 3.8) is 0 Å². The molecule has 1 aromatic rings. The van der Waals surface area contributed by atoms with Crippen LogP contribution in [0.25, 0.3) is 0 Å². The third-order valence-electron chi connectivity index (χ3n) is 2.82. The second-order valence-corrected chi connectivity index (χ2v) is 5.22. The molecule has 0 aliphatic carbocycles. The largest absolute Gasteiger partial charge is 0.396 e. The zero-order valence-electron chi connectivity index (χ0n) is 10.8. The first-order chi connectivity index (χ1) is 8.97. The van der Waals surface area contributed by atoms with E-state index in [2.05, 4.69) is 15.9 Å². The van der Waals surface area contributed by atoms with Crippen molar-refractivity contribution in [3.8, 4) is 0 Å². The Morgan fingerprint density at radius 2 is 2.11 bits per heavy atom. The molecule has 0 unspecified atom stereocenters. The molecule has 0 heterocycles. The molecule has 0 aliphatic heterocycles. The number of anilines is 1. The van der Waals surface area contributed by atoms with Gasteiger partial charge in [0, 0.05) is 24.7 Å². The number of carbonyl (C=O) groups is 1. The van der Waals surface area contributed by atoms with Crippen molar-refractivity contribution < 1.29 is 14.3 Å². The standard InChI is InChI=1S/C13H18BrFN2O2/c1-17(5-3-2-4-6-18)13(19)9-7-12(16)11(15)8-10(9)14/h7-8,18H,2-6,16H2,1H3. The van der Waals surface area contributed by atoms with Gasteiger partial charge in [-0.05, 0) is 47.3 Å². The molecule has 0 atom stereocenters. The van der Waals surface area contributed by atoms with E-state index in [1.54, 1.807) is 11.9 Å². The van der Waals surface area contributed by atoms with Crippen LogP contribution in [0.1, 0.15) is 29.6 Å². The van der Waals surface area contributed by atoms with Gasteiger partial charge in [0.25, 0.3) is 5.91 Å². The van der Waals surface area contributed by atoms with Gasteiger partial charge in [0.15, 0.2) is 0 Å². The number of nitrogens with two attached hydrogens (primary N) is 1. The Labute approximate surface area is 120 Å². The molecule has 4 nitrogen and oxygen atoms in total. The van der Waals surface area contributed by atoms with Crippen LogP contribution in [0.5, 0.6) is 0 Å². The molecule has 3 N–H and O–H groups in total. The molecule has 0 saturated carbocycles. The number of nitrogens with zero attached hydrogens (tertiary/aromatic N) is 1. The molecule has 6 heteroatoms. The Morgan fingerprint density at radius 1 is 1.42 bits per heavy atom. The van der Waals surface area contributed by atoms with Crippen LogP contribution in [-0.2, 0) is 0 Å². The SMILES string of the molecule is CN(CCCCCO)C(=O)c1cc(N)c(F)cc1Br. The van der Waals surface area contributed by atoms with Crippen LogP contribution in [0, 0.1) is 5.82 Å². The minimum absolute atomic E-state index is 0.0415. The lowest BCUT2D eigenvalue weighted by atomic mass is 10.1. The van der Waals surface area contributed by atoms with Crippen molar-refractivity contribution in [3.05, 3.63) is 28.0 Å². The van der Waals surface area contributed by atoms with E-state index in [1.165, 1.54) is 12.1 Å². The van der Waals surface area contributed by atoms with Gasteiger partial charge in [0.2, 0.25) is 0 Å². The molecule has 1 rings (SSSR count). The van der Waals surface area contributed by atoms with Gasteiger partial charge in [-0.2, -0.15) is 0 Å². The average Bonchev–Trinajstić information content (AvgIpc) is 2.38. The van der Waals surface area contributed by atoms with Crippen LogP contribution in [0.15, 0.2) is 16.6 Å². The van der Waals surface area contributed by atoms with Gasteiger partial charge in [-0.1, -0.05) is 0 Å². The zero-order chi connectivity index (χ0) is 14.4. The Kier molecular flexibility index (Phi) is 6.24. The summed E-state index contributed by atoms with van der Waals surface area (Å²) in [7, 11) is 1.69. The van der Waals surface area contributed by atoms with Crippen LogP contribution in [0.4, 0.5) is 10.1 Å². The number of aliphatic hydroxyl groups excluding tert-OH is 1. The van der Waals surface area contributed by atoms with E-state index >= 15 is 0 Å². The van der Waals surface area contributed by atoms with E-state index in [0.29, 0.717) is 16.6 Å². The molecule has 0 radical (unpaired) electrons. The fourth-order valence-electron chi connectivity index (χ4n) is 1.67. The zero-order valence-corrected chi connectivity index (χ0v) is 12.4. The topological polar surface area (TPSA) is 66.6 Å². The highest BCUT2D eigenvalue weighted by molar-refractivity contribution is 9.10. The lowest BCUT2D eigenvalue weighted by Crippen LogP contribution is -2.28. The Balaban J connectivity index is 2.69. The normalized spacial score (nSPS) is 10.5. The summed E-state index contributed by atoms with van der Waals surface area (Å²) in [5, 5.41) is 8.68. The lowest BCUT2D eigenvalue weighted by molar-refractivity contribution is 0.0791. The maximum Gasteiger partial charge on any atom is 0.254 e. The van der Waals surface area contributed by atoms with Gasteiger partial charge in [-0.25, -0.2) is 4.39 Å². The van der Waals surface area contributed by atoms with E-state index in [9.17, 15) is 9.18 Å². The number of rotatable bonds is 6. The number of hydrogen-bond acceptors (Lipinski definition) is 3. The number of amides is 1. The molecule has 1 aromatic carbocycles. The monoisotopic (exact) mass is 332 g/mol. The van der Waals surface area contributed by atoms with Crippen molar-refractivity contribution >= 4 is 27.5 Å². The summed E-state index contributed by atoms with van der Waals surface area (Å²) in [6.45, 7) is 0.750. The number of aliphatic hydroxyl groups is 1. The van der Waals surface area contributed by atoms with Gasteiger partial charge >= 0.3 is 0 Å². The Bertz CT molecular complexity index is 455. The fraction of sp³-hybridized carbons (Fsp3) is 0.462. The molecule has 19 heavy (non-hydrogen) atoms. The highest BCUT2D eigenvalue weighted by Gasteiger charge is 2.16. The highest BCUT2D eigenvalue weighted by atomic mass is 79.9. The highest BCUT2D eigenvalue weighted by Crippen LogP contribution is 2.24. The van der Waals surface area contributed by atoms with E-state index in [-0.39, 0.29) is 18.2 Å². The summed E-state index contributed by atoms with van der Waals surface area (Å²) >= 11 is 3.17. The van der Waals surface area contributed by atoms with E-state index in [4.69, 9.17) is 10.8 Å². The smallest absolute Gasteiger partial charge is 0.254 e. The molecule has 1 amide bonds. The van der Waals surface area contributed by atoms with Gasteiger partial charge in [-0.3, -0.25) is 4.79 Å². The van der Waals surface area contributed by atoms with Gasteiger partial charge in [0.1, 0.15) is 5.82 Å². The first-order valence-electron chi connectivity index (χ1n) is 6.08. The second kappa shape index (κ2) is 7.45. The number of benzene rings is 1. The summed E-state index contributed by atoms with van der Waals surface area (Å²) in [5.74, 6) is -0.753. The molecule has 0 spiro atoms. The van der Waals surface area contributed by atoms with E-state index in [0.717, 1.165) is 19.3 Å². The Morgan fingerprint density at radius 3 is 2.74 bits per heavy atom. The fourth-order valence-corrected chi connectivity index (χ4v) is 2.16. The predicted molar refractivity (Wildman–Crippen MR) is 76.4 cm³/mol. The molecule has 0 aliphatic rings. The molecule has 0 bridgehead atoms. The summed E-state index contributed by atoms with van der Waals surface area (Å²) in [6.07, 6.45) is 2.41. The minimum Gasteiger partial charge on any atom is -0.396 e. The molecule has 106 valence electrons. The molecular formula is C13H18BrFN2O2. The predicted octanol–water partition coefficient (Wildman–Crippen LogP) is 2.41. The van der Waals surface area contributed by atoms with Crippen molar-refractivity contribution in [2.75, 3.05) is 25.9 Å². The molecule has 0 saturated heterocycles. The number of halogens is 2. The van der Waals surface area contributed by atoms with Crippen LogP contribution in [0.3, 0.4) is 0 Å². The third-order valence-corrected chi connectivity index (χ3v) is 3.47. The van der Waals surface area contributed by atoms with Crippen molar-refractivity contribution in [1.82, 2.24) is 4.90 Å².